The van der Waals surface area contributed by atoms with E-state index >= 15 is 0 Å². The number of aromatic nitrogens is 1. The highest BCUT2D eigenvalue weighted by Gasteiger charge is 2.52. The van der Waals surface area contributed by atoms with Gasteiger partial charge in [-0.15, -0.1) is 0 Å². The SMILES string of the molecule is CC(C)(C)c1ccc2c(c1)C1(c3ccccc3N(c3ccc(-c4cccc5c6ccccc6n(-c6ccccc6)c45)cc3)c3ccccc31)c1ccccc1N2c1ccc(-c2ccccc2)cc1. The van der Waals surface area contributed by atoms with Crippen molar-refractivity contribution in [2.24, 2.45) is 0 Å². The van der Waals surface area contributed by atoms with Crippen molar-refractivity contribution in [3.8, 4) is 27.9 Å². The first-order valence-electron chi connectivity index (χ1n) is 23.8. The average molecular weight is 872 g/mol. The Bertz CT molecular complexity index is 3660. The molecule has 0 amide bonds. The van der Waals surface area contributed by atoms with Crippen LogP contribution in [0.15, 0.2) is 243 Å². The summed E-state index contributed by atoms with van der Waals surface area (Å²) in [5.41, 5.74) is 21.0. The van der Waals surface area contributed by atoms with Gasteiger partial charge in [0.2, 0.25) is 0 Å². The second kappa shape index (κ2) is 15.3. The maximum atomic E-state index is 2.52. The van der Waals surface area contributed by atoms with Gasteiger partial charge in [0.15, 0.2) is 0 Å². The fourth-order valence-corrected chi connectivity index (χ4v) is 11.5. The molecule has 2 aliphatic heterocycles. The quantitative estimate of drug-likeness (QED) is 0.171. The Morgan fingerprint density at radius 1 is 0.338 bits per heavy atom. The number of para-hydroxylation sites is 6. The zero-order chi connectivity index (χ0) is 45.6. The molecule has 68 heavy (non-hydrogen) atoms. The number of nitrogens with zero attached hydrogens (tertiary/aromatic N) is 3. The Morgan fingerprint density at radius 3 is 1.40 bits per heavy atom. The summed E-state index contributed by atoms with van der Waals surface area (Å²) in [6.45, 7) is 6.98. The zero-order valence-corrected chi connectivity index (χ0v) is 38.4. The van der Waals surface area contributed by atoms with Gasteiger partial charge in [-0.1, -0.05) is 197 Å². The Kier molecular flexibility index (Phi) is 9.00. The molecule has 324 valence electrons. The van der Waals surface area contributed by atoms with Crippen LogP contribution < -0.4 is 9.80 Å². The van der Waals surface area contributed by atoms with Gasteiger partial charge in [-0.2, -0.15) is 0 Å². The molecule has 13 rings (SSSR count). The van der Waals surface area contributed by atoms with Gasteiger partial charge in [0, 0.05) is 33.4 Å². The van der Waals surface area contributed by atoms with Crippen LogP contribution in [0.4, 0.5) is 34.1 Å². The number of benzene rings is 10. The fourth-order valence-electron chi connectivity index (χ4n) is 11.5. The summed E-state index contributed by atoms with van der Waals surface area (Å²) >= 11 is 0. The zero-order valence-electron chi connectivity index (χ0n) is 38.4. The predicted octanol–water partition coefficient (Wildman–Crippen LogP) is 17.4. The maximum Gasteiger partial charge on any atom is 0.0783 e. The number of hydrogen-bond donors (Lipinski definition) is 0. The van der Waals surface area contributed by atoms with Crippen molar-refractivity contribution in [3.63, 3.8) is 0 Å². The molecule has 3 nitrogen and oxygen atoms in total. The van der Waals surface area contributed by atoms with Crippen LogP contribution in [0.2, 0.25) is 0 Å². The van der Waals surface area contributed by atoms with Gasteiger partial charge in [-0.25, -0.2) is 0 Å². The lowest BCUT2D eigenvalue weighted by Crippen LogP contribution is -2.42. The minimum absolute atomic E-state index is 0.0728. The Balaban J connectivity index is 1.00. The van der Waals surface area contributed by atoms with E-state index in [0.29, 0.717) is 0 Å². The Morgan fingerprint density at radius 2 is 0.809 bits per heavy atom. The number of fused-ring (bicyclic) bond motifs is 11. The minimum atomic E-state index is -0.627. The second-order valence-corrected chi connectivity index (χ2v) is 19.3. The van der Waals surface area contributed by atoms with Crippen LogP contribution in [0.1, 0.15) is 48.6 Å². The molecule has 1 spiro atoms. The van der Waals surface area contributed by atoms with E-state index in [1.807, 2.05) is 0 Å². The molecule has 10 aromatic carbocycles. The van der Waals surface area contributed by atoms with E-state index in [4.69, 9.17) is 0 Å². The summed E-state index contributed by atoms with van der Waals surface area (Å²) < 4.78 is 2.43. The lowest BCUT2D eigenvalue weighted by atomic mass is 9.59. The molecule has 3 heteroatoms. The lowest BCUT2D eigenvalue weighted by Gasteiger charge is -2.51. The van der Waals surface area contributed by atoms with Gasteiger partial charge >= 0.3 is 0 Å². The van der Waals surface area contributed by atoms with Crippen LogP contribution in [0.3, 0.4) is 0 Å². The fraction of sp³-hybridized carbons (Fsp3) is 0.0769. The van der Waals surface area contributed by atoms with E-state index in [-0.39, 0.29) is 5.41 Å². The highest BCUT2D eigenvalue weighted by Crippen LogP contribution is 2.64. The molecule has 0 N–H and O–H groups in total. The standard InChI is InChI=1S/C65H49N3/c1-64(2,3)47-37-42-62-57(43-47)65(56-28-13-17-32-61(56)67(62)49-38-33-45(34-39-49)44-19-6-4-7-20-44)54-26-11-15-30-59(54)66(60-31-16-12-27-55(60)65)50-40-35-46(36-41-50)51-24-18-25-53-52-23-10-14-29-58(52)68(63(51)53)48-21-8-5-9-22-48/h4-43H,1-3H3. The topological polar surface area (TPSA) is 11.4 Å². The molecule has 0 fully saturated rings. The van der Waals surface area contributed by atoms with Crippen molar-refractivity contribution in [1.82, 2.24) is 4.57 Å². The molecule has 2 aliphatic rings. The predicted molar refractivity (Wildman–Crippen MR) is 285 cm³/mol. The molecule has 0 bridgehead atoms. The van der Waals surface area contributed by atoms with Crippen LogP contribution in [0.5, 0.6) is 0 Å². The van der Waals surface area contributed by atoms with Crippen molar-refractivity contribution in [1.29, 1.82) is 0 Å². The van der Waals surface area contributed by atoms with E-state index in [0.717, 1.165) is 17.1 Å². The first-order chi connectivity index (χ1) is 33.4. The third-order valence-electron chi connectivity index (χ3n) is 14.5. The highest BCUT2D eigenvalue weighted by atomic mass is 15.2. The van der Waals surface area contributed by atoms with E-state index in [2.05, 4.69) is 278 Å². The van der Waals surface area contributed by atoms with Crippen molar-refractivity contribution in [2.75, 3.05) is 9.80 Å². The smallest absolute Gasteiger partial charge is 0.0783 e. The number of rotatable bonds is 5. The first-order valence-corrected chi connectivity index (χ1v) is 23.8. The summed E-state index contributed by atoms with van der Waals surface area (Å²) in [4.78, 5) is 4.98. The Labute approximate surface area is 398 Å². The van der Waals surface area contributed by atoms with Gasteiger partial charge < -0.3 is 14.4 Å². The third-order valence-corrected chi connectivity index (χ3v) is 14.5. The molecular formula is C65H49N3. The molecule has 0 unspecified atom stereocenters. The van der Waals surface area contributed by atoms with Crippen molar-refractivity contribution >= 4 is 55.9 Å². The van der Waals surface area contributed by atoms with Crippen LogP contribution in [-0.4, -0.2) is 4.57 Å². The molecule has 11 aromatic rings. The largest absolute Gasteiger partial charge is 0.310 e. The molecular weight excluding hydrogens is 823 g/mol. The Hall–Kier alpha value is -8.40. The van der Waals surface area contributed by atoms with Crippen LogP contribution in [0, 0.1) is 0 Å². The van der Waals surface area contributed by atoms with Crippen LogP contribution >= 0.6 is 0 Å². The van der Waals surface area contributed by atoms with Gasteiger partial charge in [0.25, 0.3) is 0 Å². The van der Waals surface area contributed by atoms with Gasteiger partial charge in [-0.3, -0.25) is 0 Å². The normalized spacial score (nSPS) is 13.6. The highest BCUT2D eigenvalue weighted by molar-refractivity contribution is 6.14. The van der Waals surface area contributed by atoms with Crippen LogP contribution in [0.25, 0.3) is 49.7 Å². The van der Waals surface area contributed by atoms with E-state index in [1.165, 1.54) is 94.6 Å². The molecule has 0 saturated carbocycles. The summed E-state index contributed by atoms with van der Waals surface area (Å²) in [5.74, 6) is 0. The maximum absolute atomic E-state index is 2.52. The van der Waals surface area contributed by atoms with E-state index in [9.17, 15) is 0 Å². The average Bonchev–Trinajstić information content (AvgIpc) is 3.74. The second-order valence-electron chi connectivity index (χ2n) is 19.3. The number of anilines is 6. The molecule has 0 aliphatic carbocycles. The third kappa shape index (κ3) is 5.92. The summed E-state index contributed by atoms with van der Waals surface area (Å²) in [6.07, 6.45) is 0. The summed E-state index contributed by atoms with van der Waals surface area (Å²) in [5, 5.41) is 2.51. The van der Waals surface area contributed by atoms with Gasteiger partial charge in [0.1, 0.15) is 0 Å². The molecule has 1 aromatic heterocycles. The van der Waals surface area contributed by atoms with E-state index < -0.39 is 5.41 Å². The summed E-state index contributed by atoms with van der Waals surface area (Å²) in [6, 6.07) is 89.9. The molecule has 3 heterocycles. The van der Waals surface area contributed by atoms with E-state index in [1.54, 1.807) is 0 Å². The van der Waals surface area contributed by atoms with Crippen molar-refractivity contribution in [2.45, 2.75) is 31.6 Å². The first kappa shape index (κ1) is 39.9. The van der Waals surface area contributed by atoms with Crippen LogP contribution in [-0.2, 0) is 10.8 Å². The minimum Gasteiger partial charge on any atom is -0.310 e. The molecule has 0 atom stereocenters. The van der Waals surface area contributed by atoms with Gasteiger partial charge in [-0.05, 0) is 117 Å². The molecule has 0 saturated heterocycles. The lowest BCUT2D eigenvalue weighted by molar-refractivity contribution is 0.586. The monoisotopic (exact) mass is 871 g/mol. The van der Waals surface area contributed by atoms with Gasteiger partial charge in [0.05, 0.1) is 39.2 Å². The van der Waals surface area contributed by atoms with Crippen molar-refractivity contribution < 1.29 is 0 Å². The summed E-state index contributed by atoms with van der Waals surface area (Å²) in [7, 11) is 0. The number of hydrogen-bond acceptors (Lipinski definition) is 2. The van der Waals surface area contributed by atoms with Crippen molar-refractivity contribution in [3.05, 3.63) is 270 Å². The molecule has 0 radical (unpaired) electrons.